The summed E-state index contributed by atoms with van der Waals surface area (Å²) in [4.78, 5) is 10.3. The number of rotatable bonds is 4. The quantitative estimate of drug-likeness (QED) is 0.283. The van der Waals surface area contributed by atoms with Gasteiger partial charge in [0.2, 0.25) is 0 Å². The summed E-state index contributed by atoms with van der Waals surface area (Å²) in [6.07, 6.45) is 0. The summed E-state index contributed by atoms with van der Waals surface area (Å²) in [5.41, 5.74) is 0.960. The van der Waals surface area contributed by atoms with E-state index in [2.05, 4.69) is 23.2 Å². The average molecular weight is 182 g/mol. The van der Waals surface area contributed by atoms with Crippen LogP contribution in [0.3, 0.4) is 0 Å². The molecule has 0 aromatic carbocycles. The van der Waals surface area contributed by atoms with Crippen LogP contribution >= 0.6 is 0 Å². The normalized spacial score (nSPS) is 8.46. The van der Waals surface area contributed by atoms with E-state index in [1.807, 2.05) is 6.92 Å². The maximum Gasteiger partial charge on any atom is 0.303 e. The highest BCUT2D eigenvalue weighted by molar-refractivity contribution is 5.66. The van der Waals surface area contributed by atoms with Crippen LogP contribution in [0.25, 0.3) is 0 Å². The number of carbonyl (C=O) groups excluding carboxylic acids is 1. The van der Waals surface area contributed by atoms with Crippen molar-refractivity contribution in [3.05, 3.63) is 12.2 Å². The maximum absolute atomic E-state index is 10.3. The molecule has 0 amide bonds. The Morgan fingerprint density at radius 1 is 1.31 bits per heavy atom. The summed E-state index contributed by atoms with van der Waals surface area (Å²) in [6, 6.07) is 0. The third-order valence-electron chi connectivity index (χ3n) is 0.995. The molecule has 0 aliphatic heterocycles. The second kappa shape index (κ2) is 7.38. The van der Waals surface area contributed by atoms with Gasteiger partial charge in [0.05, 0.1) is 6.61 Å². The molecule has 0 heterocycles. The van der Waals surface area contributed by atoms with Gasteiger partial charge in [0, 0.05) is 6.92 Å². The van der Waals surface area contributed by atoms with E-state index in [9.17, 15) is 4.79 Å². The second-order valence-electron chi connectivity index (χ2n) is 2.58. The highest BCUT2D eigenvalue weighted by atomic mass is 16.5. The third-order valence-corrected chi connectivity index (χ3v) is 0.995. The summed E-state index contributed by atoms with van der Waals surface area (Å²) < 4.78 is 9.67. The number of ether oxygens (including phenoxy) is 2. The molecule has 0 N–H and O–H groups in total. The smallest absolute Gasteiger partial charge is 0.303 e. The van der Waals surface area contributed by atoms with Crippen molar-refractivity contribution in [2.75, 3.05) is 19.8 Å². The van der Waals surface area contributed by atoms with Crippen molar-refractivity contribution in [2.24, 2.45) is 0 Å². The Balaban J connectivity index is 3.30. The molecule has 3 nitrogen and oxygen atoms in total. The van der Waals surface area contributed by atoms with Crippen molar-refractivity contribution in [1.82, 2.24) is 0 Å². The Bertz CT molecular complexity index is 232. The zero-order valence-electron chi connectivity index (χ0n) is 8.05. The van der Waals surface area contributed by atoms with Crippen LogP contribution in [0.1, 0.15) is 13.8 Å². The lowest BCUT2D eigenvalue weighted by molar-refractivity contribution is -0.139. The monoisotopic (exact) mass is 182 g/mol. The lowest BCUT2D eigenvalue weighted by atomic mass is 10.4. The van der Waals surface area contributed by atoms with E-state index in [4.69, 9.17) is 4.74 Å². The minimum absolute atomic E-state index is 0.131. The van der Waals surface area contributed by atoms with Gasteiger partial charge in [-0.1, -0.05) is 24.0 Å². The minimum Gasteiger partial charge on any atom is -0.453 e. The number of hydrogen-bond donors (Lipinski definition) is 0. The number of esters is 1. The fourth-order valence-electron chi connectivity index (χ4n) is 0.516. The van der Waals surface area contributed by atoms with Crippen LogP contribution in [-0.2, 0) is 14.3 Å². The van der Waals surface area contributed by atoms with E-state index in [-0.39, 0.29) is 12.6 Å². The molecule has 72 valence electrons. The first kappa shape index (κ1) is 11.7. The molecule has 0 fully saturated rings. The molecule has 0 aliphatic rings. The zero-order chi connectivity index (χ0) is 10.1. The molecule has 0 spiro atoms. The fourth-order valence-corrected chi connectivity index (χ4v) is 0.516. The topological polar surface area (TPSA) is 35.5 Å². The van der Waals surface area contributed by atoms with Crippen LogP contribution in [0, 0.1) is 11.8 Å². The summed E-state index contributed by atoms with van der Waals surface area (Å²) in [5, 5.41) is 0. The molecule has 0 rings (SSSR count). The SMILES string of the molecule is C=C(C)COCC#CCOC(C)=O. The predicted octanol–water partition coefficient (Wildman–Crippen LogP) is 1.15. The van der Waals surface area contributed by atoms with Gasteiger partial charge in [0.15, 0.2) is 6.61 Å². The standard InChI is InChI=1S/C10H14O3/c1-9(2)8-12-6-4-5-7-13-10(3)11/h1,6-8H2,2-3H3. The van der Waals surface area contributed by atoms with E-state index in [0.717, 1.165) is 5.57 Å². The average Bonchev–Trinajstić information content (AvgIpc) is 2.01. The first-order valence-corrected chi connectivity index (χ1v) is 3.94. The van der Waals surface area contributed by atoms with Crippen molar-refractivity contribution < 1.29 is 14.3 Å². The third kappa shape index (κ3) is 10.7. The molecule has 3 heteroatoms. The predicted molar refractivity (Wildman–Crippen MR) is 50.0 cm³/mol. The van der Waals surface area contributed by atoms with E-state index < -0.39 is 0 Å². The molecular weight excluding hydrogens is 168 g/mol. The molecule has 0 saturated heterocycles. The molecule has 0 aliphatic carbocycles. The van der Waals surface area contributed by atoms with Gasteiger partial charge in [-0.2, -0.15) is 0 Å². The number of hydrogen-bond acceptors (Lipinski definition) is 3. The summed E-state index contributed by atoms with van der Waals surface area (Å²) in [5.74, 6) is 5.03. The van der Waals surface area contributed by atoms with Crippen LogP contribution in [-0.4, -0.2) is 25.8 Å². The van der Waals surface area contributed by atoms with Crippen LogP contribution in [0.2, 0.25) is 0 Å². The van der Waals surface area contributed by atoms with Gasteiger partial charge in [0.1, 0.15) is 6.61 Å². The van der Waals surface area contributed by atoms with E-state index >= 15 is 0 Å². The van der Waals surface area contributed by atoms with Crippen molar-refractivity contribution in [1.29, 1.82) is 0 Å². The van der Waals surface area contributed by atoms with Crippen molar-refractivity contribution in [3.63, 3.8) is 0 Å². The first-order chi connectivity index (χ1) is 6.13. The first-order valence-electron chi connectivity index (χ1n) is 3.94. The Morgan fingerprint density at radius 3 is 2.46 bits per heavy atom. The van der Waals surface area contributed by atoms with Gasteiger partial charge in [-0.3, -0.25) is 4.79 Å². The Morgan fingerprint density at radius 2 is 1.92 bits per heavy atom. The highest BCUT2D eigenvalue weighted by Crippen LogP contribution is 1.86. The lowest BCUT2D eigenvalue weighted by Crippen LogP contribution is -1.99. The Labute approximate surface area is 78.7 Å². The van der Waals surface area contributed by atoms with E-state index in [1.165, 1.54) is 6.92 Å². The Kier molecular flexibility index (Phi) is 6.66. The largest absolute Gasteiger partial charge is 0.453 e. The van der Waals surface area contributed by atoms with Crippen molar-refractivity contribution in [3.8, 4) is 11.8 Å². The molecule has 0 bridgehead atoms. The summed E-state index contributed by atoms with van der Waals surface area (Å²) in [7, 11) is 0. The van der Waals surface area contributed by atoms with E-state index in [0.29, 0.717) is 13.2 Å². The maximum atomic E-state index is 10.3. The molecule has 0 atom stereocenters. The molecule has 0 saturated carbocycles. The minimum atomic E-state index is -0.322. The van der Waals surface area contributed by atoms with Crippen LogP contribution in [0.5, 0.6) is 0 Å². The molecular formula is C10H14O3. The molecule has 0 radical (unpaired) electrons. The van der Waals surface area contributed by atoms with Crippen molar-refractivity contribution in [2.45, 2.75) is 13.8 Å². The molecule has 0 aromatic rings. The summed E-state index contributed by atoms with van der Waals surface area (Å²) >= 11 is 0. The van der Waals surface area contributed by atoms with Gasteiger partial charge in [-0.25, -0.2) is 0 Å². The fraction of sp³-hybridized carbons (Fsp3) is 0.500. The van der Waals surface area contributed by atoms with Gasteiger partial charge in [-0.15, -0.1) is 0 Å². The number of carbonyl (C=O) groups is 1. The van der Waals surface area contributed by atoms with Crippen LogP contribution in [0.15, 0.2) is 12.2 Å². The van der Waals surface area contributed by atoms with Crippen molar-refractivity contribution >= 4 is 5.97 Å². The van der Waals surface area contributed by atoms with Gasteiger partial charge in [-0.05, 0) is 6.92 Å². The second-order valence-corrected chi connectivity index (χ2v) is 2.58. The molecule has 13 heavy (non-hydrogen) atoms. The van der Waals surface area contributed by atoms with E-state index in [1.54, 1.807) is 0 Å². The van der Waals surface area contributed by atoms with Gasteiger partial charge in [0.25, 0.3) is 0 Å². The molecule has 0 unspecified atom stereocenters. The summed E-state index contributed by atoms with van der Waals surface area (Å²) in [6.45, 7) is 7.89. The van der Waals surface area contributed by atoms with Crippen LogP contribution < -0.4 is 0 Å². The van der Waals surface area contributed by atoms with Gasteiger partial charge < -0.3 is 9.47 Å². The lowest BCUT2D eigenvalue weighted by Gasteiger charge is -1.96. The van der Waals surface area contributed by atoms with Gasteiger partial charge >= 0.3 is 5.97 Å². The zero-order valence-corrected chi connectivity index (χ0v) is 8.05. The molecule has 0 aromatic heterocycles. The highest BCUT2D eigenvalue weighted by Gasteiger charge is 1.86. The van der Waals surface area contributed by atoms with Crippen LogP contribution in [0.4, 0.5) is 0 Å². The Hall–Kier alpha value is -1.27.